The fourth-order valence-corrected chi connectivity index (χ4v) is 2.43. The van der Waals surface area contributed by atoms with Gasteiger partial charge in [-0.05, 0) is 43.9 Å². The first kappa shape index (κ1) is 14.7. The van der Waals surface area contributed by atoms with Gasteiger partial charge in [-0.2, -0.15) is 0 Å². The summed E-state index contributed by atoms with van der Waals surface area (Å²) in [5, 5.41) is 21.8. The Morgan fingerprint density at radius 3 is 2.60 bits per heavy atom. The van der Waals surface area contributed by atoms with Crippen molar-refractivity contribution in [1.82, 2.24) is 10.2 Å². The molecule has 2 rings (SSSR count). The molecule has 1 atom stereocenters. The molecule has 5 nitrogen and oxygen atoms in total. The lowest BCUT2D eigenvalue weighted by atomic mass is 10.1. The predicted molar refractivity (Wildman–Crippen MR) is 76.5 cm³/mol. The normalized spacial score (nSPS) is 16.9. The molecule has 1 saturated heterocycles. The van der Waals surface area contributed by atoms with Gasteiger partial charge in [0.15, 0.2) is 11.5 Å². The zero-order valence-electron chi connectivity index (χ0n) is 11.8. The molecule has 1 aliphatic heterocycles. The van der Waals surface area contributed by atoms with Crippen molar-refractivity contribution < 1.29 is 15.0 Å². The number of phenolic OH excluding ortho intramolecular Hbond substituents is 2. The zero-order valence-corrected chi connectivity index (χ0v) is 11.8. The first-order valence-corrected chi connectivity index (χ1v) is 7.11. The zero-order chi connectivity index (χ0) is 14.5. The van der Waals surface area contributed by atoms with E-state index in [1.807, 2.05) is 11.8 Å². The third kappa shape index (κ3) is 3.63. The second-order valence-corrected chi connectivity index (χ2v) is 5.31. The average molecular weight is 278 g/mol. The van der Waals surface area contributed by atoms with Gasteiger partial charge in [0.25, 0.3) is 0 Å². The Balaban J connectivity index is 1.85. The first-order valence-electron chi connectivity index (χ1n) is 7.11. The highest BCUT2D eigenvalue weighted by molar-refractivity contribution is 5.81. The number of rotatable bonds is 4. The molecule has 1 fully saturated rings. The molecule has 1 aromatic carbocycles. The summed E-state index contributed by atoms with van der Waals surface area (Å²) in [7, 11) is 0. The number of hydrogen-bond donors (Lipinski definition) is 3. The van der Waals surface area contributed by atoms with Crippen LogP contribution >= 0.6 is 0 Å². The lowest BCUT2D eigenvalue weighted by Gasteiger charge is -2.29. The van der Waals surface area contributed by atoms with E-state index in [1.165, 1.54) is 18.6 Å². The summed E-state index contributed by atoms with van der Waals surface area (Å²) in [5.41, 5.74) is 0.832. The fourth-order valence-electron chi connectivity index (χ4n) is 2.43. The van der Waals surface area contributed by atoms with Crippen LogP contribution in [-0.4, -0.2) is 40.2 Å². The molecule has 3 N–H and O–H groups in total. The topological polar surface area (TPSA) is 72.8 Å². The van der Waals surface area contributed by atoms with Gasteiger partial charge in [0, 0.05) is 19.6 Å². The molecule has 110 valence electrons. The molecule has 1 heterocycles. The number of likely N-dealkylation sites (tertiary alicyclic amines) is 1. The lowest BCUT2D eigenvalue weighted by Crippen LogP contribution is -2.46. The summed E-state index contributed by atoms with van der Waals surface area (Å²) in [6.45, 7) is 4.04. The molecular formula is C15H22N2O3. The minimum atomic E-state index is -0.246. The average Bonchev–Trinajstić information content (AvgIpc) is 2.48. The van der Waals surface area contributed by atoms with Crippen molar-refractivity contribution >= 4 is 5.91 Å². The van der Waals surface area contributed by atoms with Crippen LogP contribution in [0.25, 0.3) is 0 Å². The van der Waals surface area contributed by atoms with Gasteiger partial charge < -0.3 is 20.4 Å². The minimum Gasteiger partial charge on any atom is -0.504 e. The number of benzene rings is 1. The summed E-state index contributed by atoms with van der Waals surface area (Å²) in [5.74, 6) is -0.141. The van der Waals surface area contributed by atoms with E-state index in [0.29, 0.717) is 6.54 Å². The molecule has 5 heteroatoms. The largest absolute Gasteiger partial charge is 0.504 e. The van der Waals surface area contributed by atoms with Crippen molar-refractivity contribution in [2.45, 2.75) is 38.8 Å². The number of nitrogens with zero attached hydrogens (tertiary/aromatic N) is 1. The summed E-state index contributed by atoms with van der Waals surface area (Å²) in [6, 6.07) is 4.42. The van der Waals surface area contributed by atoms with Crippen molar-refractivity contribution in [2.24, 2.45) is 0 Å². The molecule has 0 radical (unpaired) electrons. The maximum atomic E-state index is 12.2. The molecule has 0 saturated carbocycles. The van der Waals surface area contributed by atoms with Crippen LogP contribution < -0.4 is 5.32 Å². The molecule has 1 unspecified atom stereocenters. The maximum Gasteiger partial charge on any atom is 0.239 e. The molecule has 0 aliphatic carbocycles. The summed E-state index contributed by atoms with van der Waals surface area (Å²) in [6.07, 6.45) is 3.38. The third-order valence-corrected chi connectivity index (χ3v) is 3.69. The second kappa shape index (κ2) is 6.61. The number of amides is 1. The highest BCUT2D eigenvalue weighted by Gasteiger charge is 2.21. The predicted octanol–water partition coefficient (Wildman–Crippen LogP) is 1.59. The van der Waals surface area contributed by atoms with Crippen LogP contribution in [-0.2, 0) is 11.3 Å². The molecule has 0 spiro atoms. The van der Waals surface area contributed by atoms with Crippen LogP contribution in [0.5, 0.6) is 11.5 Å². The summed E-state index contributed by atoms with van der Waals surface area (Å²) in [4.78, 5) is 14.1. The Morgan fingerprint density at radius 2 is 1.95 bits per heavy atom. The fraction of sp³-hybridized carbons (Fsp3) is 0.533. The first-order chi connectivity index (χ1) is 9.58. The van der Waals surface area contributed by atoms with Crippen LogP contribution in [0.15, 0.2) is 18.2 Å². The van der Waals surface area contributed by atoms with Crippen LogP contribution in [0.4, 0.5) is 0 Å². The number of hydrogen-bond acceptors (Lipinski definition) is 4. The highest BCUT2D eigenvalue weighted by atomic mass is 16.3. The SMILES string of the molecule is CC(NCc1ccc(O)c(O)c1)C(=O)N1CCCCC1. The van der Waals surface area contributed by atoms with E-state index >= 15 is 0 Å². The second-order valence-electron chi connectivity index (χ2n) is 5.31. The van der Waals surface area contributed by atoms with Crippen molar-refractivity contribution in [3.05, 3.63) is 23.8 Å². The van der Waals surface area contributed by atoms with E-state index in [-0.39, 0.29) is 23.4 Å². The molecule has 1 aliphatic rings. The van der Waals surface area contributed by atoms with Gasteiger partial charge in [0.1, 0.15) is 0 Å². The molecular weight excluding hydrogens is 256 g/mol. The Hall–Kier alpha value is -1.75. The monoisotopic (exact) mass is 278 g/mol. The van der Waals surface area contributed by atoms with Gasteiger partial charge in [0.05, 0.1) is 6.04 Å². The number of carbonyl (C=O) groups excluding carboxylic acids is 1. The van der Waals surface area contributed by atoms with Crippen LogP contribution in [0, 0.1) is 0 Å². The number of carbonyl (C=O) groups is 1. The van der Waals surface area contributed by atoms with Crippen LogP contribution in [0.1, 0.15) is 31.7 Å². The summed E-state index contributed by atoms with van der Waals surface area (Å²) >= 11 is 0. The molecule has 0 aromatic heterocycles. The number of phenols is 2. The van der Waals surface area contributed by atoms with Crippen LogP contribution in [0.3, 0.4) is 0 Å². The highest BCUT2D eigenvalue weighted by Crippen LogP contribution is 2.24. The molecule has 1 amide bonds. The van der Waals surface area contributed by atoms with Crippen molar-refractivity contribution in [3.63, 3.8) is 0 Å². The van der Waals surface area contributed by atoms with Gasteiger partial charge in [-0.25, -0.2) is 0 Å². The van der Waals surface area contributed by atoms with Gasteiger partial charge in [-0.3, -0.25) is 4.79 Å². The van der Waals surface area contributed by atoms with Gasteiger partial charge in [0.2, 0.25) is 5.91 Å². The van der Waals surface area contributed by atoms with E-state index < -0.39 is 0 Å². The van der Waals surface area contributed by atoms with E-state index in [9.17, 15) is 15.0 Å². The molecule has 0 bridgehead atoms. The number of aromatic hydroxyl groups is 2. The lowest BCUT2D eigenvalue weighted by molar-refractivity contribution is -0.133. The third-order valence-electron chi connectivity index (χ3n) is 3.69. The Kier molecular flexibility index (Phi) is 4.84. The van der Waals surface area contributed by atoms with E-state index in [1.54, 1.807) is 6.07 Å². The Labute approximate surface area is 119 Å². The Morgan fingerprint density at radius 1 is 1.25 bits per heavy atom. The minimum absolute atomic E-state index is 0.132. The Bertz CT molecular complexity index is 470. The number of piperidine rings is 1. The molecule has 1 aromatic rings. The van der Waals surface area contributed by atoms with E-state index in [2.05, 4.69) is 5.32 Å². The standard InChI is InChI=1S/C15H22N2O3/c1-11(15(20)17-7-3-2-4-8-17)16-10-12-5-6-13(18)14(19)9-12/h5-6,9,11,16,18-19H,2-4,7-8,10H2,1H3. The number of nitrogens with one attached hydrogen (secondary N) is 1. The smallest absolute Gasteiger partial charge is 0.239 e. The van der Waals surface area contributed by atoms with Crippen molar-refractivity contribution in [1.29, 1.82) is 0 Å². The van der Waals surface area contributed by atoms with Crippen LogP contribution in [0.2, 0.25) is 0 Å². The van der Waals surface area contributed by atoms with E-state index in [4.69, 9.17) is 0 Å². The summed E-state index contributed by atoms with van der Waals surface area (Å²) < 4.78 is 0. The molecule has 20 heavy (non-hydrogen) atoms. The maximum absolute atomic E-state index is 12.2. The quantitative estimate of drug-likeness (QED) is 0.731. The van der Waals surface area contributed by atoms with Gasteiger partial charge in [-0.15, -0.1) is 0 Å². The van der Waals surface area contributed by atoms with Gasteiger partial charge in [-0.1, -0.05) is 6.07 Å². The van der Waals surface area contributed by atoms with Crippen molar-refractivity contribution in [3.8, 4) is 11.5 Å². The van der Waals surface area contributed by atoms with E-state index in [0.717, 1.165) is 31.5 Å². The van der Waals surface area contributed by atoms with Gasteiger partial charge >= 0.3 is 0 Å². The van der Waals surface area contributed by atoms with Crippen molar-refractivity contribution in [2.75, 3.05) is 13.1 Å².